The third-order valence-electron chi connectivity index (χ3n) is 6.40. The van der Waals surface area contributed by atoms with Gasteiger partial charge < -0.3 is 9.80 Å². The molecule has 0 bridgehead atoms. The maximum atomic E-state index is 14.0. The molecule has 1 atom stereocenters. The molecule has 2 saturated heterocycles. The van der Waals surface area contributed by atoms with Crippen LogP contribution in [0, 0.1) is 11.7 Å². The molecule has 2 aliphatic heterocycles. The van der Waals surface area contributed by atoms with Crippen molar-refractivity contribution in [1.29, 1.82) is 0 Å². The number of hydrogen-bond acceptors (Lipinski definition) is 3. The van der Waals surface area contributed by atoms with Gasteiger partial charge in [-0.05, 0) is 25.0 Å². The van der Waals surface area contributed by atoms with Crippen molar-refractivity contribution in [3.05, 3.63) is 34.6 Å². The standard InChI is InChI=1S/C21H27ClFN3O2/c22-18-6-3-7-19(23)17(18)14-24-8-10-25(11-9-24)21(28)15-12-20(27)26(13-15)16-4-1-2-5-16/h3,6-7,15-16H,1-2,4-5,8-14H2/t15-/m0/s1. The largest absolute Gasteiger partial charge is 0.340 e. The van der Waals surface area contributed by atoms with Crippen molar-refractivity contribution >= 4 is 23.4 Å². The summed E-state index contributed by atoms with van der Waals surface area (Å²) in [6.07, 6.45) is 4.86. The highest BCUT2D eigenvalue weighted by atomic mass is 35.5. The molecule has 1 aromatic carbocycles. The van der Waals surface area contributed by atoms with Gasteiger partial charge >= 0.3 is 0 Å². The molecule has 0 aromatic heterocycles. The molecule has 2 amide bonds. The summed E-state index contributed by atoms with van der Waals surface area (Å²) in [5.74, 6) is -0.265. The lowest BCUT2D eigenvalue weighted by atomic mass is 10.1. The lowest BCUT2D eigenvalue weighted by molar-refractivity contribution is -0.137. The number of likely N-dealkylation sites (tertiary alicyclic amines) is 1. The number of halogens is 2. The Bertz CT molecular complexity index is 725. The smallest absolute Gasteiger partial charge is 0.228 e. The Morgan fingerprint density at radius 2 is 1.86 bits per heavy atom. The summed E-state index contributed by atoms with van der Waals surface area (Å²) in [4.78, 5) is 31.2. The highest BCUT2D eigenvalue weighted by molar-refractivity contribution is 6.31. The van der Waals surface area contributed by atoms with Gasteiger partial charge in [0, 0.05) is 62.3 Å². The van der Waals surface area contributed by atoms with Gasteiger partial charge in [-0.15, -0.1) is 0 Å². The molecule has 0 radical (unpaired) electrons. The molecule has 0 spiro atoms. The van der Waals surface area contributed by atoms with E-state index in [1.807, 2.05) is 9.80 Å². The fourth-order valence-corrected chi connectivity index (χ4v) is 4.98. The summed E-state index contributed by atoms with van der Waals surface area (Å²) < 4.78 is 14.0. The highest BCUT2D eigenvalue weighted by Gasteiger charge is 2.40. The summed E-state index contributed by atoms with van der Waals surface area (Å²) in [5, 5.41) is 0.440. The fourth-order valence-electron chi connectivity index (χ4n) is 4.76. The van der Waals surface area contributed by atoms with Crippen molar-refractivity contribution in [2.75, 3.05) is 32.7 Å². The van der Waals surface area contributed by atoms with E-state index in [0.717, 1.165) is 12.8 Å². The Morgan fingerprint density at radius 3 is 2.54 bits per heavy atom. The number of amides is 2. The molecular formula is C21H27ClFN3O2. The zero-order chi connectivity index (χ0) is 19.7. The molecular weight excluding hydrogens is 381 g/mol. The fraction of sp³-hybridized carbons (Fsp3) is 0.619. The summed E-state index contributed by atoms with van der Waals surface area (Å²) in [7, 11) is 0. The van der Waals surface area contributed by atoms with Gasteiger partial charge in [0.2, 0.25) is 11.8 Å². The number of hydrogen-bond donors (Lipinski definition) is 0. The maximum Gasteiger partial charge on any atom is 0.228 e. The average Bonchev–Trinajstić information content (AvgIpc) is 3.34. The molecule has 0 N–H and O–H groups in total. The Morgan fingerprint density at radius 1 is 1.14 bits per heavy atom. The third-order valence-corrected chi connectivity index (χ3v) is 6.75. The van der Waals surface area contributed by atoms with Crippen molar-refractivity contribution in [2.24, 2.45) is 5.92 Å². The average molecular weight is 408 g/mol. The number of nitrogens with zero attached hydrogens (tertiary/aromatic N) is 3. The number of carbonyl (C=O) groups excluding carboxylic acids is 2. The van der Waals surface area contributed by atoms with Crippen LogP contribution in [0.1, 0.15) is 37.7 Å². The van der Waals surface area contributed by atoms with Crippen molar-refractivity contribution in [1.82, 2.24) is 14.7 Å². The molecule has 152 valence electrons. The topological polar surface area (TPSA) is 43.9 Å². The molecule has 28 heavy (non-hydrogen) atoms. The first-order valence-electron chi connectivity index (χ1n) is 10.3. The molecule has 3 fully saturated rings. The molecule has 0 unspecified atom stereocenters. The first-order chi connectivity index (χ1) is 13.5. The Hall–Kier alpha value is -1.66. The lowest BCUT2D eigenvalue weighted by Crippen LogP contribution is -2.50. The van der Waals surface area contributed by atoms with Crippen LogP contribution in [0.4, 0.5) is 4.39 Å². The lowest BCUT2D eigenvalue weighted by Gasteiger charge is -2.36. The molecule has 5 nitrogen and oxygen atoms in total. The van der Waals surface area contributed by atoms with Gasteiger partial charge in [0.25, 0.3) is 0 Å². The second kappa shape index (κ2) is 8.37. The summed E-state index contributed by atoms with van der Waals surface area (Å²) in [5.41, 5.74) is 0.512. The monoisotopic (exact) mass is 407 g/mol. The zero-order valence-electron chi connectivity index (χ0n) is 16.1. The van der Waals surface area contributed by atoms with Crippen LogP contribution in [0.5, 0.6) is 0 Å². The van der Waals surface area contributed by atoms with Crippen LogP contribution in [0.2, 0.25) is 5.02 Å². The SMILES string of the molecule is O=C([C@H]1CC(=O)N(C2CCCC2)C1)N1CCN(Cc2c(F)cccc2Cl)CC1. The Labute approximate surface area is 170 Å². The van der Waals surface area contributed by atoms with E-state index in [-0.39, 0.29) is 23.5 Å². The van der Waals surface area contributed by atoms with E-state index in [0.29, 0.717) is 62.3 Å². The predicted octanol–water partition coefficient (Wildman–Crippen LogP) is 2.91. The van der Waals surface area contributed by atoms with Crippen molar-refractivity contribution < 1.29 is 14.0 Å². The molecule has 3 aliphatic rings. The number of carbonyl (C=O) groups is 2. The van der Waals surface area contributed by atoms with Crippen LogP contribution in [0.25, 0.3) is 0 Å². The van der Waals surface area contributed by atoms with E-state index in [2.05, 4.69) is 4.90 Å². The Kier molecular flexibility index (Phi) is 5.88. The van der Waals surface area contributed by atoms with Gasteiger partial charge in [-0.2, -0.15) is 0 Å². The van der Waals surface area contributed by atoms with Crippen LogP contribution >= 0.6 is 11.6 Å². The van der Waals surface area contributed by atoms with Crippen LogP contribution in [-0.2, 0) is 16.1 Å². The van der Waals surface area contributed by atoms with Crippen LogP contribution in [0.15, 0.2) is 18.2 Å². The van der Waals surface area contributed by atoms with Crippen molar-refractivity contribution in [2.45, 2.75) is 44.7 Å². The number of piperazine rings is 1. The third kappa shape index (κ3) is 4.03. The number of benzene rings is 1. The van der Waals surface area contributed by atoms with Crippen molar-refractivity contribution in [3.8, 4) is 0 Å². The van der Waals surface area contributed by atoms with Gasteiger partial charge in [0.05, 0.1) is 5.92 Å². The second-order valence-corrected chi connectivity index (χ2v) is 8.59. The molecule has 2 heterocycles. The molecule has 1 saturated carbocycles. The zero-order valence-corrected chi connectivity index (χ0v) is 16.8. The highest BCUT2D eigenvalue weighted by Crippen LogP contribution is 2.30. The Balaban J connectivity index is 1.30. The summed E-state index contributed by atoms with van der Waals surface area (Å²) in [6.45, 7) is 3.61. The predicted molar refractivity (Wildman–Crippen MR) is 105 cm³/mol. The quantitative estimate of drug-likeness (QED) is 0.770. The molecule has 7 heteroatoms. The van der Waals surface area contributed by atoms with E-state index >= 15 is 0 Å². The van der Waals surface area contributed by atoms with Gasteiger partial charge in [-0.3, -0.25) is 14.5 Å². The summed E-state index contributed by atoms with van der Waals surface area (Å²) in [6, 6.07) is 5.07. The molecule has 1 aromatic rings. The van der Waals surface area contributed by atoms with E-state index in [4.69, 9.17) is 11.6 Å². The molecule has 4 rings (SSSR count). The van der Waals surface area contributed by atoms with E-state index in [9.17, 15) is 14.0 Å². The van der Waals surface area contributed by atoms with Gasteiger partial charge in [0.1, 0.15) is 5.82 Å². The van der Waals surface area contributed by atoms with Crippen molar-refractivity contribution in [3.63, 3.8) is 0 Å². The van der Waals surface area contributed by atoms with Gasteiger partial charge in [-0.1, -0.05) is 30.5 Å². The summed E-state index contributed by atoms with van der Waals surface area (Å²) >= 11 is 6.13. The minimum Gasteiger partial charge on any atom is -0.340 e. The van der Waals surface area contributed by atoms with E-state index in [1.54, 1.807) is 12.1 Å². The van der Waals surface area contributed by atoms with Crippen LogP contribution in [-0.4, -0.2) is 65.3 Å². The normalized spacial score (nSPS) is 24.4. The number of rotatable bonds is 4. The molecule has 1 aliphatic carbocycles. The van der Waals surface area contributed by atoms with Gasteiger partial charge in [0.15, 0.2) is 0 Å². The maximum absolute atomic E-state index is 14.0. The van der Waals surface area contributed by atoms with E-state index < -0.39 is 0 Å². The minimum atomic E-state index is -0.289. The van der Waals surface area contributed by atoms with Crippen LogP contribution < -0.4 is 0 Å². The van der Waals surface area contributed by atoms with Gasteiger partial charge in [-0.25, -0.2) is 4.39 Å². The first kappa shape index (κ1) is 19.6. The second-order valence-electron chi connectivity index (χ2n) is 8.19. The first-order valence-corrected chi connectivity index (χ1v) is 10.6. The minimum absolute atomic E-state index is 0.0948. The van der Waals surface area contributed by atoms with Crippen LogP contribution in [0.3, 0.4) is 0 Å². The van der Waals surface area contributed by atoms with E-state index in [1.165, 1.54) is 18.9 Å².